The molecule has 0 bridgehead atoms. The van der Waals surface area contributed by atoms with Crippen molar-refractivity contribution >= 4 is 33.2 Å². The molecule has 3 nitrogen and oxygen atoms in total. The van der Waals surface area contributed by atoms with Gasteiger partial charge < -0.3 is 0 Å². The maximum atomic E-state index is 13.4. The maximum absolute atomic E-state index is 13.4. The van der Waals surface area contributed by atoms with Gasteiger partial charge in [-0.05, 0) is 24.4 Å². The predicted octanol–water partition coefficient (Wildman–Crippen LogP) is 3.85. The van der Waals surface area contributed by atoms with E-state index in [0.29, 0.717) is 5.82 Å². The monoisotopic (exact) mass is 279 g/mol. The molecule has 0 saturated carbocycles. The quantitative estimate of drug-likeness (QED) is 0.635. The molecule has 3 aromatic rings. The number of fused-ring (bicyclic) bond motifs is 1. The highest BCUT2D eigenvalue weighted by molar-refractivity contribution is 7.17. The van der Waals surface area contributed by atoms with Crippen molar-refractivity contribution in [3.05, 3.63) is 40.4 Å². The smallest absolute Gasteiger partial charge is 0.181 e. The minimum absolute atomic E-state index is 0.163. The first-order valence-corrected chi connectivity index (χ1v) is 6.44. The van der Waals surface area contributed by atoms with E-state index in [1.807, 2.05) is 17.5 Å². The molecule has 3 rings (SSSR count). The summed E-state index contributed by atoms with van der Waals surface area (Å²) in [7, 11) is 0. The Morgan fingerprint density at radius 3 is 2.94 bits per heavy atom. The van der Waals surface area contributed by atoms with Crippen LogP contribution in [0.4, 0.5) is 4.39 Å². The zero-order chi connectivity index (χ0) is 12.7. The molecule has 0 atom stereocenters. The lowest BCUT2D eigenvalue weighted by atomic mass is 10.2. The van der Waals surface area contributed by atoms with E-state index in [-0.39, 0.29) is 10.8 Å². The second-order valence-corrected chi connectivity index (χ2v) is 5.07. The van der Waals surface area contributed by atoms with E-state index in [1.54, 1.807) is 24.5 Å². The van der Waals surface area contributed by atoms with Crippen molar-refractivity contribution in [1.29, 1.82) is 0 Å². The molecular formula is C12H7ClFN3S. The number of halogens is 2. The molecule has 0 unspecified atom stereocenters. The van der Waals surface area contributed by atoms with Gasteiger partial charge >= 0.3 is 0 Å². The summed E-state index contributed by atoms with van der Waals surface area (Å²) in [4.78, 5) is 12.3. The normalized spacial score (nSPS) is 11.1. The van der Waals surface area contributed by atoms with Gasteiger partial charge in [-0.25, -0.2) is 14.4 Å². The highest BCUT2D eigenvalue weighted by atomic mass is 35.5. The first kappa shape index (κ1) is 11.5. The first-order chi connectivity index (χ1) is 8.65. The summed E-state index contributed by atoms with van der Waals surface area (Å²) in [6.45, 7) is 1.56. The van der Waals surface area contributed by atoms with Crippen LogP contribution in [0.5, 0.6) is 0 Å². The molecule has 6 heteroatoms. The molecule has 0 radical (unpaired) electrons. The summed E-state index contributed by atoms with van der Waals surface area (Å²) >= 11 is 7.30. The van der Waals surface area contributed by atoms with Crippen molar-refractivity contribution in [2.45, 2.75) is 6.92 Å². The van der Waals surface area contributed by atoms with E-state index >= 15 is 0 Å². The third-order valence-electron chi connectivity index (χ3n) is 2.54. The van der Waals surface area contributed by atoms with Crippen molar-refractivity contribution in [1.82, 2.24) is 15.0 Å². The largest absolute Gasteiger partial charge is 0.255 e. The zero-order valence-corrected chi connectivity index (χ0v) is 10.9. The van der Waals surface area contributed by atoms with Gasteiger partial charge in [0.1, 0.15) is 0 Å². The van der Waals surface area contributed by atoms with E-state index in [9.17, 15) is 4.39 Å². The Balaban J connectivity index is 2.19. The van der Waals surface area contributed by atoms with Crippen molar-refractivity contribution in [2.24, 2.45) is 0 Å². The molecule has 0 fully saturated rings. The molecule has 0 N–H and O–H groups in total. The Hall–Kier alpha value is -1.59. The van der Waals surface area contributed by atoms with Crippen LogP contribution in [0.2, 0.25) is 5.15 Å². The summed E-state index contributed by atoms with van der Waals surface area (Å²) in [6, 6.07) is 3.86. The fourth-order valence-electron chi connectivity index (χ4n) is 1.62. The second kappa shape index (κ2) is 4.26. The number of hydrogen-bond donors (Lipinski definition) is 0. The van der Waals surface area contributed by atoms with Crippen LogP contribution in [0.3, 0.4) is 0 Å². The second-order valence-electron chi connectivity index (χ2n) is 3.77. The molecule has 90 valence electrons. The SMILES string of the molecule is Cc1nc(-c2cnc3ccsc3c2)nc(Cl)c1F. The number of nitrogens with zero attached hydrogens (tertiary/aromatic N) is 3. The van der Waals surface area contributed by atoms with Gasteiger partial charge in [-0.1, -0.05) is 11.6 Å². The van der Waals surface area contributed by atoms with Gasteiger partial charge in [0, 0.05) is 11.8 Å². The minimum Gasteiger partial charge on any atom is -0.255 e. The lowest BCUT2D eigenvalue weighted by Crippen LogP contribution is -1.97. The standard InChI is InChI=1S/C12H7ClFN3S/c1-6-10(14)11(13)17-12(16-6)7-4-9-8(15-5-7)2-3-18-9/h2-5H,1H3. The lowest BCUT2D eigenvalue weighted by Gasteiger charge is -2.03. The molecule has 0 aliphatic rings. The number of aryl methyl sites for hydroxylation is 1. The Morgan fingerprint density at radius 2 is 2.17 bits per heavy atom. The van der Waals surface area contributed by atoms with Crippen LogP contribution >= 0.6 is 22.9 Å². The topological polar surface area (TPSA) is 38.7 Å². The molecule has 0 aromatic carbocycles. The van der Waals surface area contributed by atoms with Crippen LogP contribution in [0, 0.1) is 12.7 Å². The summed E-state index contributed by atoms with van der Waals surface area (Å²) in [5, 5.41) is 1.80. The first-order valence-electron chi connectivity index (χ1n) is 5.18. The van der Waals surface area contributed by atoms with Gasteiger partial charge in [0.25, 0.3) is 0 Å². The minimum atomic E-state index is -0.578. The zero-order valence-electron chi connectivity index (χ0n) is 9.32. The molecule has 18 heavy (non-hydrogen) atoms. The molecular weight excluding hydrogens is 273 g/mol. The van der Waals surface area contributed by atoms with Gasteiger partial charge in [-0.3, -0.25) is 4.98 Å². The summed E-state index contributed by atoms with van der Waals surface area (Å²) in [5.74, 6) is -0.188. The fourth-order valence-corrected chi connectivity index (χ4v) is 2.62. The Bertz CT molecular complexity index is 718. The van der Waals surface area contributed by atoms with E-state index in [4.69, 9.17) is 11.6 Å². The third-order valence-corrected chi connectivity index (χ3v) is 3.64. The number of aromatic nitrogens is 3. The third kappa shape index (κ3) is 1.85. The van der Waals surface area contributed by atoms with Crippen LogP contribution in [0.25, 0.3) is 21.6 Å². The van der Waals surface area contributed by atoms with E-state index in [2.05, 4.69) is 15.0 Å². The predicted molar refractivity (Wildman–Crippen MR) is 70.4 cm³/mol. The maximum Gasteiger partial charge on any atom is 0.181 e. The van der Waals surface area contributed by atoms with Gasteiger partial charge in [0.15, 0.2) is 16.8 Å². The van der Waals surface area contributed by atoms with Crippen molar-refractivity contribution in [3.8, 4) is 11.4 Å². The summed E-state index contributed by atoms with van der Waals surface area (Å²) < 4.78 is 14.4. The fraction of sp³-hybridized carbons (Fsp3) is 0.0833. The molecule has 0 amide bonds. The average Bonchev–Trinajstić information content (AvgIpc) is 2.82. The van der Waals surface area contributed by atoms with Gasteiger partial charge in [-0.2, -0.15) is 0 Å². The summed E-state index contributed by atoms with van der Waals surface area (Å²) in [6.07, 6.45) is 1.66. The number of rotatable bonds is 1. The van der Waals surface area contributed by atoms with Crippen molar-refractivity contribution in [3.63, 3.8) is 0 Å². The molecule has 0 aliphatic heterocycles. The van der Waals surface area contributed by atoms with Crippen molar-refractivity contribution < 1.29 is 4.39 Å². The highest BCUT2D eigenvalue weighted by Gasteiger charge is 2.11. The summed E-state index contributed by atoms with van der Waals surface area (Å²) in [5.41, 5.74) is 1.89. The Kier molecular flexibility index (Phi) is 2.72. The molecule has 3 aromatic heterocycles. The number of thiophene rings is 1. The Morgan fingerprint density at radius 1 is 1.33 bits per heavy atom. The lowest BCUT2D eigenvalue weighted by molar-refractivity contribution is 0.603. The average molecular weight is 280 g/mol. The number of pyridine rings is 1. The molecule has 0 aliphatic carbocycles. The Labute approximate surface area is 111 Å². The van der Waals surface area contributed by atoms with E-state index < -0.39 is 5.82 Å². The van der Waals surface area contributed by atoms with Crippen molar-refractivity contribution in [2.75, 3.05) is 0 Å². The molecule has 0 spiro atoms. The van der Waals surface area contributed by atoms with Crippen LogP contribution in [-0.4, -0.2) is 15.0 Å². The van der Waals surface area contributed by atoms with Crippen LogP contribution < -0.4 is 0 Å². The molecule has 0 saturated heterocycles. The van der Waals surface area contributed by atoms with Crippen LogP contribution in [-0.2, 0) is 0 Å². The van der Waals surface area contributed by atoms with Crippen LogP contribution in [0.15, 0.2) is 23.7 Å². The highest BCUT2D eigenvalue weighted by Crippen LogP contribution is 2.25. The molecule has 3 heterocycles. The van der Waals surface area contributed by atoms with E-state index in [0.717, 1.165) is 15.8 Å². The van der Waals surface area contributed by atoms with Crippen LogP contribution in [0.1, 0.15) is 5.69 Å². The van der Waals surface area contributed by atoms with Gasteiger partial charge in [0.05, 0.1) is 15.9 Å². The van der Waals surface area contributed by atoms with Gasteiger partial charge in [-0.15, -0.1) is 11.3 Å². The number of hydrogen-bond acceptors (Lipinski definition) is 4. The van der Waals surface area contributed by atoms with E-state index in [1.165, 1.54) is 0 Å². The van der Waals surface area contributed by atoms with Gasteiger partial charge in [0.2, 0.25) is 0 Å².